The summed E-state index contributed by atoms with van der Waals surface area (Å²) in [6, 6.07) is 11.1. The highest BCUT2D eigenvalue weighted by Gasteiger charge is 2.30. The van der Waals surface area contributed by atoms with E-state index < -0.39 is 11.9 Å². The molecule has 0 bridgehead atoms. The highest BCUT2D eigenvalue weighted by atomic mass is 35.5. The van der Waals surface area contributed by atoms with Crippen LogP contribution in [-0.4, -0.2) is 22.2 Å². The summed E-state index contributed by atoms with van der Waals surface area (Å²) in [6.07, 6.45) is 0. The molecule has 0 aromatic heterocycles. The van der Waals surface area contributed by atoms with Gasteiger partial charge in [0.2, 0.25) is 0 Å². The molecule has 4 aromatic rings. The highest BCUT2D eigenvalue weighted by Crippen LogP contribution is 2.57. The molecule has 0 spiro atoms. The summed E-state index contributed by atoms with van der Waals surface area (Å²) < 4.78 is 11.5. The molecule has 206 valence electrons. The van der Waals surface area contributed by atoms with Gasteiger partial charge in [0.1, 0.15) is 31.6 Å². The summed E-state index contributed by atoms with van der Waals surface area (Å²) in [5.41, 5.74) is -0.136. The molecule has 4 rings (SSSR count). The summed E-state index contributed by atoms with van der Waals surface area (Å²) in [5, 5.41) is 17.0. The maximum atomic E-state index is 11.3. The van der Waals surface area contributed by atoms with Crippen LogP contribution in [0.5, 0.6) is 23.0 Å². The van der Waals surface area contributed by atoms with Crippen molar-refractivity contribution in [3.8, 4) is 34.1 Å². The second kappa shape index (κ2) is 12.3. The fraction of sp³-hybridized carbons (Fsp3) is 0. The lowest BCUT2D eigenvalue weighted by atomic mass is 10.0. The first-order chi connectivity index (χ1) is 18.8. The minimum atomic E-state index is -1.17. The van der Waals surface area contributed by atoms with E-state index in [1.54, 1.807) is 0 Å². The summed E-state index contributed by atoms with van der Waals surface area (Å²) >= 11 is 52.3. The van der Waals surface area contributed by atoms with Crippen molar-refractivity contribution in [3.63, 3.8) is 0 Å². The Morgan fingerprint density at radius 3 is 1.07 bits per heavy atom. The molecule has 40 heavy (non-hydrogen) atoms. The largest absolute Gasteiger partial charge is 0.478 e. The molecule has 6 nitrogen and oxygen atoms in total. The first kappa shape index (κ1) is 30.7. The molecule has 0 radical (unpaired) electrons. The van der Waals surface area contributed by atoms with Crippen LogP contribution in [-0.2, 0) is 0 Å². The maximum Gasteiger partial charge on any atom is 0.335 e. The number of carboxylic acids is 2. The monoisotopic (exact) mass is 698 g/mol. The molecule has 0 atom stereocenters. The van der Waals surface area contributed by atoms with Crippen molar-refractivity contribution >= 4 is 105 Å². The molecule has 0 heterocycles. The number of hydrogen-bond acceptors (Lipinski definition) is 4. The number of benzene rings is 4. The smallest absolute Gasteiger partial charge is 0.335 e. The molecule has 0 aliphatic rings. The van der Waals surface area contributed by atoms with Crippen molar-refractivity contribution in [2.45, 2.75) is 0 Å². The zero-order valence-electron chi connectivity index (χ0n) is 19.2. The van der Waals surface area contributed by atoms with Crippen LogP contribution < -0.4 is 9.47 Å². The topological polar surface area (TPSA) is 93.1 Å². The van der Waals surface area contributed by atoms with Gasteiger partial charge in [-0.1, -0.05) is 105 Å². The van der Waals surface area contributed by atoms with Crippen LogP contribution in [0.2, 0.25) is 40.2 Å². The number of rotatable bonds is 7. The van der Waals surface area contributed by atoms with Crippen molar-refractivity contribution in [1.82, 2.24) is 0 Å². The van der Waals surface area contributed by atoms with Gasteiger partial charge in [0.05, 0.1) is 31.2 Å². The van der Waals surface area contributed by atoms with Crippen molar-refractivity contribution in [2.24, 2.45) is 0 Å². The minimum Gasteiger partial charge on any atom is -0.478 e. The molecule has 0 unspecified atom stereocenters. The van der Waals surface area contributed by atoms with Crippen LogP contribution in [0.25, 0.3) is 11.1 Å². The SMILES string of the molecule is O=C(O)c1cccc(Oc2c(Cl)c(Cl)c(-c3c(Cl)c(Cl)c(Oc4cccc(C(=O)O)c4)c(Cl)c3Cl)c(Cl)c2Cl)c1. The van der Waals surface area contributed by atoms with Gasteiger partial charge < -0.3 is 19.7 Å². The van der Waals surface area contributed by atoms with Gasteiger partial charge in [-0.15, -0.1) is 0 Å². The van der Waals surface area contributed by atoms with Gasteiger partial charge in [-0.25, -0.2) is 9.59 Å². The second-order valence-corrected chi connectivity index (χ2v) is 10.8. The minimum absolute atomic E-state index is 0.0248. The number of hydrogen-bond donors (Lipinski definition) is 2. The van der Waals surface area contributed by atoms with E-state index in [4.69, 9.17) is 102 Å². The molecular weight excluding hydrogens is 692 g/mol. The third-order valence-corrected chi connectivity index (χ3v) is 8.64. The number of aromatic carboxylic acids is 2. The maximum absolute atomic E-state index is 11.3. The van der Waals surface area contributed by atoms with Crippen LogP contribution in [0.3, 0.4) is 0 Å². The Morgan fingerprint density at radius 1 is 0.500 bits per heavy atom. The zero-order valence-corrected chi connectivity index (χ0v) is 25.2. The lowest BCUT2D eigenvalue weighted by Crippen LogP contribution is -1.98. The first-order valence-electron chi connectivity index (χ1n) is 10.6. The number of carbonyl (C=O) groups is 2. The van der Waals surface area contributed by atoms with Crippen LogP contribution in [0, 0.1) is 0 Å². The van der Waals surface area contributed by atoms with E-state index >= 15 is 0 Å². The van der Waals surface area contributed by atoms with Crippen molar-refractivity contribution in [1.29, 1.82) is 0 Å². The van der Waals surface area contributed by atoms with Crippen LogP contribution >= 0.6 is 92.8 Å². The molecule has 0 saturated heterocycles. The Bertz CT molecular complexity index is 1520. The predicted octanol–water partition coefficient (Wildman–Crippen LogP) is 11.6. The summed E-state index contributed by atoms with van der Waals surface area (Å²) in [7, 11) is 0. The average molecular weight is 702 g/mol. The van der Waals surface area contributed by atoms with Crippen LogP contribution in [0.15, 0.2) is 48.5 Å². The summed E-state index contributed by atoms with van der Waals surface area (Å²) in [5.74, 6) is -2.47. The van der Waals surface area contributed by atoms with Gasteiger partial charge in [-0.05, 0) is 36.4 Å². The molecule has 0 amide bonds. The number of halogens is 8. The molecule has 0 saturated carbocycles. The highest BCUT2D eigenvalue weighted by molar-refractivity contribution is 6.55. The Hall–Kier alpha value is -2.26. The van der Waals surface area contributed by atoms with Gasteiger partial charge in [0, 0.05) is 11.1 Å². The van der Waals surface area contributed by atoms with E-state index in [0.717, 1.165) is 0 Å². The zero-order chi connectivity index (χ0) is 29.5. The van der Waals surface area contributed by atoms with E-state index in [2.05, 4.69) is 0 Å². The first-order valence-corrected chi connectivity index (χ1v) is 13.6. The van der Waals surface area contributed by atoms with Gasteiger partial charge in [0.15, 0.2) is 11.5 Å². The fourth-order valence-electron chi connectivity index (χ4n) is 3.46. The Morgan fingerprint density at radius 2 is 0.800 bits per heavy atom. The van der Waals surface area contributed by atoms with Crippen molar-refractivity contribution in [2.75, 3.05) is 0 Å². The van der Waals surface area contributed by atoms with E-state index in [-0.39, 0.29) is 85.4 Å². The Kier molecular flexibility index (Phi) is 9.45. The fourth-order valence-corrected chi connectivity index (χ4v) is 5.67. The molecular formula is C26H10Cl8O6. The standard InChI is InChI=1S/C26H10Cl8O6/c27-15-13(16(28)20(32)23(19(15)31)39-11-5-1-3-9(7-11)25(35)36)14-17(29)21(33)24(22(34)18(14)30)40-12-6-2-4-10(8-12)26(37)38/h1-8H,(H,35,36)(H,37,38). The van der Waals surface area contributed by atoms with Crippen LogP contribution in [0.1, 0.15) is 20.7 Å². The molecule has 0 fully saturated rings. The Labute approximate surface area is 266 Å². The quantitative estimate of drug-likeness (QED) is 0.186. The van der Waals surface area contributed by atoms with E-state index in [9.17, 15) is 19.8 Å². The number of ether oxygens (including phenoxy) is 2. The summed E-state index contributed by atoms with van der Waals surface area (Å²) in [6.45, 7) is 0. The number of carboxylic acid groups (broad SMARTS) is 2. The molecule has 4 aromatic carbocycles. The third-order valence-electron chi connectivity index (χ3n) is 5.30. The molecule has 2 N–H and O–H groups in total. The molecule has 0 aliphatic carbocycles. The van der Waals surface area contributed by atoms with Crippen molar-refractivity contribution in [3.05, 3.63) is 99.8 Å². The molecule has 14 heteroatoms. The second-order valence-electron chi connectivity index (χ2n) is 7.79. The van der Waals surface area contributed by atoms with Gasteiger partial charge in [0.25, 0.3) is 0 Å². The Balaban J connectivity index is 1.83. The van der Waals surface area contributed by atoms with E-state index in [0.29, 0.717) is 0 Å². The van der Waals surface area contributed by atoms with Crippen molar-refractivity contribution < 1.29 is 29.3 Å². The van der Waals surface area contributed by atoms with Gasteiger partial charge in [-0.2, -0.15) is 0 Å². The van der Waals surface area contributed by atoms with Crippen LogP contribution in [0.4, 0.5) is 0 Å². The third kappa shape index (κ3) is 5.87. The van der Waals surface area contributed by atoms with E-state index in [1.807, 2.05) is 0 Å². The normalized spacial score (nSPS) is 10.9. The lowest BCUT2D eigenvalue weighted by molar-refractivity contribution is 0.0686. The predicted molar refractivity (Wildman–Crippen MR) is 159 cm³/mol. The average Bonchev–Trinajstić information content (AvgIpc) is 2.93. The molecule has 0 aliphatic heterocycles. The lowest BCUT2D eigenvalue weighted by Gasteiger charge is -2.20. The summed E-state index contributed by atoms with van der Waals surface area (Å²) in [4.78, 5) is 22.6. The van der Waals surface area contributed by atoms with E-state index in [1.165, 1.54) is 48.5 Å². The van der Waals surface area contributed by atoms with Gasteiger partial charge >= 0.3 is 11.9 Å². The van der Waals surface area contributed by atoms with Gasteiger partial charge in [-0.3, -0.25) is 0 Å².